The average molecular weight is 430 g/mol. The van der Waals surface area contributed by atoms with Crippen molar-refractivity contribution in [3.63, 3.8) is 0 Å². The molecule has 0 bridgehead atoms. The van der Waals surface area contributed by atoms with Crippen molar-refractivity contribution in [3.8, 4) is 16.9 Å². The molecule has 1 amide bonds. The summed E-state index contributed by atoms with van der Waals surface area (Å²) in [6.45, 7) is 1.68. The Balaban J connectivity index is 1.67. The van der Waals surface area contributed by atoms with Gasteiger partial charge in [-0.15, -0.1) is 0 Å². The molecular weight excluding hydrogens is 411 g/mol. The first-order valence-electron chi connectivity index (χ1n) is 9.86. The summed E-state index contributed by atoms with van der Waals surface area (Å²) in [5, 5.41) is 18.8. The number of rotatable bonds is 6. The molecule has 0 saturated heterocycles. The largest absolute Gasteiger partial charge is 0.348 e. The van der Waals surface area contributed by atoms with Crippen LogP contribution >= 0.6 is 0 Å². The van der Waals surface area contributed by atoms with Crippen LogP contribution in [0.4, 0.5) is 10.1 Å². The molecule has 8 heteroatoms. The summed E-state index contributed by atoms with van der Waals surface area (Å²) >= 11 is 0. The number of benzene rings is 3. The van der Waals surface area contributed by atoms with Gasteiger partial charge in [-0.05, 0) is 49.4 Å². The number of nitro benzene ring substituents is 1. The van der Waals surface area contributed by atoms with Crippen LogP contribution in [-0.2, 0) is 6.54 Å². The standard InChI is InChI=1S/C24H19FN4O3/c1-16-6-5-9-21(23(16)29(31)32)24(30)26-14-18-15-28(20-7-3-2-4-8-20)27-22(18)17-10-12-19(25)13-11-17/h2-13,15H,14H2,1H3,(H,26,30). The number of nitrogens with one attached hydrogen (secondary N) is 1. The third-order valence-corrected chi connectivity index (χ3v) is 5.03. The number of aryl methyl sites for hydroxylation is 1. The van der Waals surface area contributed by atoms with Crippen molar-refractivity contribution in [3.05, 3.63) is 112 Å². The maximum Gasteiger partial charge on any atom is 0.285 e. The smallest absolute Gasteiger partial charge is 0.285 e. The Bertz CT molecular complexity index is 1280. The third-order valence-electron chi connectivity index (χ3n) is 5.03. The summed E-state index contributed by atoms with van der Waals surface area (Å²) in [6, 6.07) is 20.0. The molecule has 4 aromatic rings. The number of hydrogen-bond donors (Lipinski definition) is 1. The Labute approximate surface area is 183 Å². The molecule has 0 aliphatic rings. The molecule has 1 aromatic heterocycles. The lowest BCUT2D eigenvalue weighted by molar-refractivity contribution is -0.385. The monoisotopic (exact) mass is 430 g/mol. The van der Waals surface area contributed by atoms with E-state index >= 15 is 0 Å². The number of hydrogen-bond acceptors (Lipinski definition) is 4. The van der Waals surface area contributed by atoms with Gasteiger partial charge in [0.25, 0.3) is 11.6 Å². The van der Waals surface area contributed by atoms with Crippen LogP contribution in [0.25, 0.3) is 16.9 Å². The van der Waals surface area contributed by atoms with E-state index in [1.807, 2.05) is 30.3 Å². The van der Waals surface area contributed by atoms with E-state index in [0.29, 0.717) is 22.4 Å². The predicted octanol–water partition coefficient (Wildman–Crippen LogP) is 4.83. The topological polar surface area (TPSA) is 90.1 Å². The highest BCUT2D eigenvalue weighted by Crippen LogP contribution is 2.26. The quantitative estimate of drug-likeness (QED) is 0.351. The fraction of sp³-hybridized carbons (Fsp3) is 0.0833. The first-order valence-corrected chi connectivity index (χ1v) is 9.86. The number of carbonyl (C=O) groups is 1. The minimum Gasteiger partial charge on any atom is -0.348 e. The van der Waals surface area contributed by atoms with Crippen molar-refractivity contribution in [1.82, 2.24) is 15.1 Å². The first kappa shape index (κ1) is 20.9. The Morgan fingerprint density at radius 2 is 1.78 bits per heavy atom. The second-order valence-electron chi connectivity index (χ2n) is 7.20. The van der Waals surface area contributed by atoms with Gasteiger partial charge in [-0.3, -0.25) is 14.9 Å². The maximum atomic E-state index is 13.4. The molecular formula is C24H19FN4O3. The van der Waals surface area contributed by atoms with E-state index in [2.05, 4.69) is 10.4 Å². The number of para-hydroxylation sites is 2. The Morgan fingerprint density at radius 3 is 2.47 bits per heavy atom. The minimum atomic E-state index is -0.557. The highest BCUT2D eigenvalue weighted by Gasteiger charge is 2.23. The zero-order valence-corrected chi connectivity index (χ0v) is 17.2. The van der Waals surface area contributed by atoms with E-state index in [4.69, 9.17) is 0 Å². The molecule has 0 spiro atoms. The van der Waals surface area contributed by atoms with Gasteiger partial charge in [0.1, 0.15) is 11.4 Å². The van der Waals surface area contributed by atoms with Gasteiger partial charge in [-0.2, -0.15) is 5.10 Å². The number of halogens is 1. The molecule has 3 aromatic carbocycles. The van der Waals surface area contributed by atoms with Crippen LogP contribution in [0.1, 0.15) is 21.5 Å². The van der Waals surface area contributed by atoms with Gasteiger partial charge in [-0.25, -0.2) is 9.07 Å². The van der Waals surface area contributed by atoms with Crippen LogP contribution in [0.3, 0.4) is 0 Å². The molecule has 160 valence electrons. The lowest BCUT2D eigenvalue weighted by Crippen LogP contribution is -2.24. The molecule has 0 aliphatic heterocycles. The molecule has 0 atom stereocenters. The number of amides is 1. The van der Waals surface area contributed by atoms with Crippen molar-refractivity contribution in [1.29, 1.82) is 0 Å². The molecule has 0 aliphatic carbocycles. The molecule has 4 rings (SSSR count). The highest BCUT2D eigenvalue weighted by molar-refractivity contribution is 5.98. The van der Waals surface area contributed by atoms with Crippen LogP contribution in [0.2, 0.25) is 0 Å². The van der Waals surface area contributed by atoms with Crippen molar-refractivity contribution in [2.75, 3.05) is 0 Å². The minimum absolute atomic E-state index is 0.00576. The average Bonchev–Trinajstić information content (AvgIpc) is 3.22. The van der Waals surface area contributed by atoms with E-state index in [0.717, 1.165) is 5.69 Å². The summed E-state index contributed by atoms with van der Waals surface area (Å²) in [5.41, 5.74) is 2.95. The van der Waals surface area contributed by atoms with Crippen LogP contribution in [-0.4, -0.2) is 20.6 Å². The van der Waals surface area contributed by atoms with Crippen molar-refractivity contribution < 1.29 is 14.1 Å². The number of carbonyl (C=O) groups excluding carboxylic acids is 1. The van der Waals surface area contributed by atoms with Gasteiger partial charge in [0.2, 0.25) is 0 Å². The second-order valence-corrected chi connectivity index (χ2v) is 7.20. The summed E-state index contributed by atoms with van der Waals surface area (Å²) in [4.78, 5) is 23.6. The maximum absolute atomic E-state index is 13.4. The molecule has 1 heterocycles. The van der Waals surface area contributed by atoms with Crippen LogP contribution in [0.15, 0.2) is 79.0 Å². The fourth-order valence-electron chi connectivity index (χ4n) is 3.46. The molecule has 0 saturated carbocycles. The lowest BCUT2D eigenvalue weighted by Gasteiger charge is -2.07. The van der Waals surface area contributed by atoms with Gasteiger partial charge in [0, 0.05) is 29.4 Å². The molecule has 0 radical (unpaired) electrons. The van der Waals surface area contributed by atoms with E-state index in [1.54, 1.807) is 42.1 Å². The van der Waals surface area contributed by atoms with Crippen molar-refractivity contribution >= 4 is 11.6 Å². The fourth-order valence-corrected chi connectivity index (χ4v) is 3.46. The van der Waals surface area contributed by atoms with Gasteiger partial charge in [0.05, 0.1) is 16.3 Å². The third kappa shape index (κ3) is 4.24. The Kier molecular flexibility index (Phi) is 5.76. The molecule has 32 heavy (non-hydrogen) atoms. The number of nitro groups is 1. The van der Waals surface area contributed by atoms with Gasteiger partial charge in [0.15, 0.2) is 0 Å². The molecule has 0 fully saturated rings. The van der Waals surface area contributed by atoms with E-state index < -0.39 is 10.8 Å². The van der Waals surface area contributed by atoms with Crippen molar-refractivity contribution in [2.24, 2.45) is 0 Å². The number of aromatic nitrogens is 2. The van der Waals surface area contributed by atoms with Gasteiger partial charge in [-0.1, -0.05) is 30.3 Å². The first-order chi connectivity index (χ1) is 15.4. The van der Waals surface area contributed by atoms with Crippen LogP contribution in [0, 0.1) is 22.9 Å². The van der Waals surface area contributed by atoms with Gasteiger partial charge < -0.3 is 5.32 Å². The van der Waals surface area contributed by atoms with Gasteiger partial charge >= 0.3 is 0 Å². The molecule has 1 N–H and O–H groups in total. The predicted molar refractivity (Wildman–Crippen MR) is 118 cm³/mol. The zero-order chi connectivity index (χ0) is 22.7. The van der Waals surface area contributed by atoms with Crippen LogP contribution < -0.4 is 5.32 Å². The molecule has 7 nitrogen and oxygen atoms in total. The zero-order valence-electron chi connectivity index (χ0n) is 17.2. The van der Waals surface area contributed by atoms with E-state index in [9.17, 15) is 19.3 Å². The lowest BCUT2D eigenvalue weighted by atomic mass is 10.1. The number of nitrogens with zero attached hydrogens (tertiary/aromatic N) is 3. The SMILES string of the molecule is Cc1cccc(C(=O)NCc2cn(-c3ccccc3)nc2-c2ccc(F)cc2)c1[N+](=O)[O-]. The highest BCUT2D eigenvalue weighted by atomic mass is 19.1. The second kappa shape index (κ2) is 8.81. The summed E-state index contributed by atoms with van der Waals surface area (Å²) < 4.78 is 15.1. The van der Waals surface area contributed by atoms with Crippen LogP contribution in [0.5, 0.6) is 0 Å². The summed E-state index contributed by atoms with van der Waals surface area (Å²) in [5.74, 6) is -0.921. The Hall–Kier alpha value is -4.33. The van der Waals surface area contributed by atoms with Crippen molar-refractivity contribution in [2.45, 2.75) is 13.5 Å². The van der Waals surface area contributed by atoms with E-state index in [1.165, 1.54) is 18.2 Å². The summed E-state index contributed by atoms with van der Waals surface area (Å²) in [6.07, 6.45) is 1.78. The molecule has 0 unspecified atom stereocenters. The Morgan fingerprint density at radius 1 is 1.06 bits per heavy atom. The normalized spacial score (nSPS) is 10.7. The summed E-state index contributed by atoms with van der Waals surface area (Å²) in [7, 11) is 0. The van der Waals surface area contributed by atoms with E-state index in [-0.39, 0.29) is 23.6 Å².